The number of nitrogens with two attached hydrogens (primary N) is 1. The molecule has 0 bridgehead atoms. The van der Waals surface area contributed by atoms with Crippen molar-refractivity contribution in [3.63, 3.8) is 0 Å². The first-order valence-corrected chi connectivity index (χ1v) is 8.57. The minimum absolute atomic E-state index is 0.0688. The average molecular weight is 274 g/mol. The van der Waals surface area contributed by atoms with E-state index >= 15 is 0 Å². The van der Waals surface area contributed by atoms with Crippen molar-refractivity contribution < 1.29 is 9.00 Å². The molecule has 106 valence electrons. The molecule has 3 N–H and O–H groups in total. The molecular weight excluding hydrogens is 248 g/mol. The zero-order chi connectivity index (χ0) is 13.5. The van der Waals surface area contributed by atoms with Crippen molar-refractivity contribution in [1.82, 2.24) is 5.32 Å². The van der Waals surface area contributed by atoms with Crippen LogP contribution in [0.4, 0.5) is 0 Å². The summed E-state index contributed by atoms with van der Waals surface area (Å²) in [6.45, 7) is 1.87. The fourth-order valence-electron chi connectivity index (χ4n) is 2.63. The SMILES string of the molecule is CC(CS(C)=O)NC(=O)C(N)CC1CCCCC1. The Morgan fingerprint density at radius 1 is 1.39 bits per heavy atom. The molecule has 3 unspecified atom stereocenters. The maximum atomic E-state index is 11.9. The van der Waals surface area contributed by atoms with E-state index in [9.17, 15) is 9.00 Å². The van der Waals surface area contributed by atoms with Gasteiger partial charge in [0.15, 0.2) is 0 Å². The number of rotatable bonds is 6. The molecule has 1 saturated carbocycles. The minimum Gasteiger partial charge on any atom is -0.351 e. The van der Waals surface area contributed by atoms with Crippen molar-refractivity contribution in [2.75, 3.05) is 12.0 Å². The summed E-state index contributed by atoms with van der Waals surface area (Å²) in [5, 5.41) is 2.84. The Morgan fingerprint density at radius 2 is 2.00 bits per heavy atom. The van der Waals surface area contributed by atoms with Gasteiger partial charge in [-0.25, -0.2) is 0 Å². The van der Waals surface area contributed by atoms with Gasteiger partial charge in [0, 0.05) is 28.9 Å². The Bertz CT molecular complexity index is 291. The topological polar surface area (TPSA) is 72.2 Å². The molecule has 0 aromatic heterocycles. The maximum absolute atomic E-state index is 11.9. The van der Waals surface area contributed by atoms with E-state index < -0.39 is 16.8 Å². The molecule has 0 aromatic carbocycles. The monoisotopic (exact) mass is 274 g/mol. The Balaban J connectivity index is 2.29. The lowest BCUT2D eigenvalue weighted by atomic mass is 9.85. The highest BCUT2D eigenvalue weighted by molar-refractivity contribution is 7.84. The number of hydrogen-bond acceptors (Lipinski definition) is 3. The van der Waals surface area contributed by atoms with Gasteiger partial charge < -0.3 is 11.1 Å². The molecule has 0 heterocycles. The second kappa shape index (κ2) is 7.89. The van der Waals surface area contributed by atoms with E-state index in [2.05, 4.69) is 5.32 Å². The molecule has 0 aromatic rings. The van der Waals surface area contributed by atoms with Crippen LogP contribution in [0.1, 0.15) is 45.4 Å². The van der Waals surface area contributed by atoms with E-state index in [1.165, 1.54) is 32.1 Å². The normalized spacial score (nSPS) is 22.2. The lowest BCUT2D eigenvalue weighted by molar-refractivity contribution is -0.123. The van der Waals surface area contributed by atoms with Crippen molar-refractivity contribution in [1.29, 1.82) is 0 Å². The third kappa shape index (κ3) is 5.96. The highest BCUT2D eigenvalue weighted by Gasteiger charge is 2.22. The van der Waals surface area contributed by atoms with Crippen molar-refractivity contribution in [3.8, 4) is 0 Å². The number of amides is 1. The molecule has 1 aliphatic rings. The Kier molecular flexibility index (Phi) is 6.86. The van der Waals surface area contributed by atoms with Gasteiger partial charge in [0.05, 0.1) is 6.04 Å². The summed E-state index contributed by atoms with van der Waals surface area (Å²) in [5.41, 5.74) is 5.94. The number of nitrogens with one attached hydrogen (secondary N) is 1. The van der Waals surface area contributed by atoms with Gasteiger partial charge in [0.2, 0.25) is 5.91 Å². The molecule has 0 saturated heterocycles. The molecule has 1 amide bonds. The quantitative estimate of drug-likeness (QED) is 0.763. The molecule has 0 aliphatic heterocycles. The van der Waals surface area contributed by atoms with Crippen LogP contribution in [0.2, 0.25) is 0 Å². The molecule has 1 fully saturated rings. The number of hydrogen-bond donors (Lipinski definition) is 2. The Labute approximate surface area is 113 Å². The van der Waals surface area contributed by atoms with Gasteiger partial charge in [-0.3, -0.25) is 9.00 Å². The van der Waals surface area contributed by atoms with Crippen LogP contribution in [0.5, 0.6) is 0 Å². The van der Waals surface area contributed by atoms with E-state index in [4.69, 9.17) is 5.73 Å². The molecule has 1 aliphatic carbocycles. The van der Waals surface area contributed by atoms with Crippen LogP contribution in [0.3, 0.4) is 0 Å². The summed E-state index contributed by atoms with van der Waals surface area (Å²) in [7, 11) is -0.887. The summed E-state index contributed by atoms with van der Waals surface area (Å²) in [6, 6.07) is -0.485. The molecule has 5 heteroatoms. The third-order valence-corrected chi connectivity index (χ3v) is 4.49. The molecule has 0 spiro atoms. The second-order valence-corrected chi connectivity index (χ2v) is 6.98. The van der Waals surface area contributed by atoms with Crippen molar-refractivity contribution in [2.24, 2.45) is 11.7 Å². The van der Waals surface area contributed by atoms with Gasteiger partial charge in [-0.15, -0.1) is 0 Å². The van der Waals surface area contributed by atoms with Gasteiger partial charge in [-0.1, -0.05) is 32.1 Å². The fourth-order valence-corrected chi connectivity index (χ4v) is 3.42. The molecule has 0 radical (unpaired) electrons. The second-order valence-electron chi connectivity index (χ2n) is 5.50. The van der Waals surface area contributed by atoms with Gasteiger partial charge >= 0.3 is 0 Å². The molecular formula is C13H26N2O2S. The smallest absolute Gasteiger partial charge is 0.237 e. The standard InChI is InChI=1S/C13H26N2O2S/c1-10(9-18(2)17)15-13(16)12(14)8-11-6-4-3-5-7-11/h10-12H,3-9,14H2,1-2H3,(H,15,16). The largest absolute Gasteiger partial charge is 0.351 e. The van der Waals surface area contributed by atoms with Gasteiger partial charge in [0.25, 0.3) is 0 Å². The number of carbonyl (C=O) groups is 1. The predicted octanol–water partition coefficient (Wildman–Crippen LogP) is 1.17. The maximum Gasteiger partial charge on any atom is 0.237 e. The summed E-state index contributed by atoms with van der Waals surface area (Å²) in [4.78, 5) is 11.9. The van der Waals surface area contributed by atoms with Crippen LogP contribution in [-0.4, -0.2) is 34.2 Å². The van der Waals surface area contributed by atoms with Crippen LogP contribution in [0.15, 0.2) is 0 Å². The first-order valence-electron chi connectivity index (χ1n) is 6.85. The van der Waals surface area contributed by atoms with E-state index in [1.54, 1.807) is 6.26 Å². The van der Waals surface area contributed by atoms with Crippen molar-refractivity contribution in [3.05, 3.63) is 0 Å². The zero-order valence-corrected chi connectivity index (χ0v) is 12.3. The van der Waals surface area contributed by atoms with E-state index in [0.29, 0.717) is 11.7 Å². The highest BCUT2D eigenvalue weighted by Crippen LogP contribution is 2.26. The summed E-state index contributed by atoms with van der Waals surface area (Å²) >= 11 is 0. The Morgan fingerprint density at radius 3 is 2.56 bits per heavy atom. The molecule has 1 rings (SSSR count). The zero-order valence-electron chi connectivity index (χ0n) is 11.5. The summed E-state index contributed by atoms with van der Waals surface area (Å²) < 4.78 is 11.1. The van der Waals surface area contributed by atoms with Crippen LogP contribution in [0, 0.1) is 5.92 Å². The van der Waals surface area contributed by atoms with E-state index in [1.807, 2.05) is 6.92 Å². The molecule has 3 atom stereocenters. The van der Waals surface area contributed by atoms with Gasteiger partial charge in [-0.05, 0) is 19.3 Å². The lowest BCUT2D eigenvalue weighted by Crippen LogP contribution is -2.46. The fraction of sp³-hybridized carbons (Fsp3) is 0.923. The van der Waals surface area contributed by atoms with Gasteiger partial charge in [0.1, 0.15) is 0 Å². The molecule has 4 nitrogen and oxygen atoms in total. The van der Waals surface area contributed by atoms with Crippen LogP contribution in [0.25, 0.3) is 0 Å². The third-order valence-electron chi connectivity index (χ3n) is 3.52. The van der Waals surface area contributed by atoms with E-state index in [-0.39, 0.29) is 11.9 Å². The van der Waals surface area contributed by atoms with E-state index in [0.717, 1.165) is 6.42 Å². The number of carbonyl (C=O) groups excluding carboxylic acids is 1. The lowest BCUT2D eigenvalue weighted by Gasteiger charge is -2.24. The van der Waals surface area contributed by atoms with Crippen molar-refractivity contribution >= 4 is 16.7 Å². The predicted molar refractivity (Wildman–Crippen MR) is 75.7 cm³/mol. The average Bonchev–Trinajstić information content (AvgIpc) is 2.28. The van der Waals surface area contributed by atoms with Crippen LogP contribution in [-0.2, 0) is 15.6 Å². The highest BCUT2D eigenvalue weighted by atomic mass is 32.2. The first-order chi connectivity index (χ1) is 8.49. The van der Waals surface area contributed by atoms with Gasteiger partial charge in [-0.2, -0.15) is 0 Å². The van der Waals surface area contributed by atoms with Crippen LogP contribution >= 0.6 is 0 Å². The van der Waals surface area contributed by atoms with Crippen molar-refractivity contribution in [2.45, 2.75) is 57.5 Å². The first kappa shape index (κ1) is 15.6. The molecule has 18 heavy (non-hydrogen) atoms. The Hall–Kier alpha value is -0.420. The van der Waals surface area contributed by atoms with Crippen LogP contribution < -0.4 is 11.1 Å². The summed E-state index contributed by atoms with van der Waals surface area (Å²) in [6.07, 6.45) is 8.69. The summed E-state index contributed by atoms with van der Waals surface area (Å²) in [5.74, 6) is 0.996. The minimum atomic E-state index is -0.887.